The van der Waals surface area contributed by atoms with Crippen molar-refractivity contribution in [1.82, 2.24) is 5.32 Å². The minimum Gasteiger partial charge on any atom is -0.463 e. The van der Waals surface area contributed by atoms with Crippen molar-refractivity contribution in [2.24, 2.45) is 0 Å². The molecular formula is C26H23NOS. The lowest BCUT2D eigenvalue weighted by Crippen LogP contribution is -2.35. The van der Waals surface area contributed by atoms with Gasteiger partial charge in [0.1, 0.15) is 0 Å². The molecule has 0 fully saturated rings. The van der Waals surface area contributed by atoms with E-state index < -0.39 is 5.60 Å². The molecule has 2 heterocycles. The van der Waals surface area contributed by atoms with Gasteiger partial charge in [0.15, 0.2) is 10.7 Å². The summed E-state index contributed by atoms with van der Waals surface area (Å²) in [5.41, 5.74) is 4.04. The largest absolute Gasteiger partial charge is 0.463 e. The smallest absolute Gasteiger partial charge is 0.185 e. The van der Waals surface area contributed by atoms with Crippen molar-refractivity contribution in [3.63, 3.8) is 0 Å². The van der Waals surface area contributed by atoms with Gasteiger partial charge in [0.05, 0.1) is 0 Å². The van der Waals surface area contributed by atoms with Gasteiger partial charge in [-0.1, -0.05) is 91.0 Å². The summed E-state index contributed by atoms with van der Waals surface area (Å²) in [6.45, 7) is 1.96. The third-order valence-electron chi connectivity index (χ3n) is 5.51. The molecule has 1 N–H and O–H groups in total. The van der Waals surface area contributed by atoms with Crippen LogP contribution in [0.5, 0.6) is 5.06 Å². The summed E-state index contributed by atoms with van der Waals surface area (Å²) in [5.74, 6) is 0. The molecule has 4 aromatic rings. The van der Waals surface area contributed by atoms with Gasteiger partial charge in [-0.25, -0.2) is 0 Å². The first-order valence-electron chi connectivity index (χ1n) is 10.0. The van der Waals surface area contributed by atoms with Crippen molar-refractivity contribution < 1.29 is 4.74 Å². The molecule has 2 nitrogen and oxygen atoms in total. The van der Waals surface area contributed by atoms with Crippen LogP contribution in [-0.2, 0) is 18.6 Å². The van der Waals surface area contributed by atoms with Crippen LogP contribution in [0, 0.1) is 0 Å². The van der Waals surface area contributed by atoms with Gasteiger partial charge in [-0.15, -0.1) is 11.3 Å². The van der Waals surface area contributed by atoms with Gasteiger partial charge in [-0.2, -0.15) is 0 Å². The Morgan fingerprint density at radius 2 is 1.24 bits per heavy atom. The number of benzene rings is 3. The normalized spacial score (nSPS) is 13.7. The molecule has 3 aromatic carbocycles. The molecule has 0 atom stereocenters. The first-order valence-corrected chi connectivity index (χ1v) is 10.9. The molecule has 29 heavy (non-hydrogen) atoms. The van der Waals surface area contributed by atoms with Crippen molar-refractivity contribution in [2.45, 2.75) is 18.6 Å². The molecule has 0 amide bonds. The monoisotopic (exact) mass is 397 g/mol. The maximum atomic E-state index is 7.00. The average molecular weight is 398 g/mol. The van der Waals surface area contributed by atoms with E-state index in [0.29, 0.717) is 0 Å². The lowest BCUT2D eigenvalue weighted by molar-refractivity contribution is 0.161. The van der Waals surface area contributed by atoms with E-state index in [0.717, 1.165) is 41.3 Å². The van der Waals surface area contributed by atoms with E-state index in [9.17, 15) is 0 Å². The SMILES string of the molecule is c1ccc(C(Oc2cc3c(s2)CCNC3)(c2ccccc2)c2ccccc2)cc1. The maximum absolute atomic E-state index is 7.00. The minimum absolute atomic E-state index is 0.704. The van der Waals surface area contributed by atoms with Crippen molar-refractivity contribution >= 4 is 11.3 Å². The fourth-order valence-corrected chi connectivity index (χ4v) is 5.20. The quantitative estimate of drug-likeness (QED) is 0.432. The molecule has 144 valence electrons. The highest BCUT2D eigenvalue weighted by Gasteiger charge is 2.39. The van der Waals surface area contributed by atoms with Crippen LogP contribution in [-0.4, -0.2) is 6.54 Å². The predicted octanol–water partition coefficient (Wildman–Crippen LogP) is 5.76. The molecule has 0 aliphatic carbocycles. The molecule has 1 aromatic heterocycles. The molecule has 0 saturated carbocycles. The van der Waals surface area contributed by atoms with Gasteiger partial charge in [0.25, 0.3) is 0 Å². The van der Waals surface area contributed by atoms with E-state index in [1.807, 2.05) is 0 Å². The molecule has 3 heteroatoms. The minimum atomic E-state index is -0.704. The van der Waals surface area contributed by atoms with Gasteiger partial charge in [0, 0.05) is 34.7 Å². The Morgan fingerprint density at radius 1 is 0.724 bits per heavy atom. The number of hydrogen-bond donors (Lipinski definition) is 1. The van der Waals surface area contributed by atoms with Crippen LogP contribution in [0.3, 0.4) is 0 Å². The Morgan fingerprint density at radius 3 is 1.72 bits per heavy atom. The number of thiophene rings is 1. The van der Waals surface area contributed by atoms with Crippen LogP contribution in [0.4, 0.5) is 0 Å². The zero-order chi connectivity index (χ0) is 19.5. The Hall–Kier alpha value is -2.88. The molecule has 5 rings (SSSR count). The van der Waals surface area contributed by atoms with E-state index >= 15 is 0 Å². The van der Waals surface area contributed by atoms with Gasteiger partial charge in [0.2, 0.25) is 0 Å². The summed E-state index contributed by atoms with van der Waals surface area (Å²) in [5, 5.41) is 4.43. The van der Waals surface area contributed by atoms with Crippen molar-refractivity contribution in [3.05, 3.63) is 124 Å². The van der Waals surface area contributed by atoms with Crippen molar-refractivity contribution in [3.8, 4) is 5.06 Å². The highest BCUT2D eigenvalue weighted by Crippen LogP contribution is 2.44. The fourth-order valence-electron chi connectivity index (χ4n) is 4.12. The van der Waals surface area contributed by atoms with E-state index in [1.165, 1.54) is 10.4 Å². The van der Waals surface area contributed by atoms with E-state index in [2.05, 4.69) is 102 Å². The second kappa shape index (κ2) is 7.86. The summed E-state index contributed by atoms with van der Waals surface area (Å²) in [6, 6.07) is 33.9. The Labute approximate surface area is 175 Å². The van der Waals surface area contributed by atoms with Crippen LogP contribution in [0.15, 0.2) is 97.1 Å². The third kappa shape index (κ3) is 3.37. The van der Waals surface area contributed by atoms with Crippen molar-refractivity contribution in [1.29, 1.82) is 0 Å². The lowest BCUT2D eigenvalue weighted by atomic mass is 9.80. The molecule has 0 unspecified atom stereocenters. The van der Waals surface area contributed by atoms with Gasteiger partial charge in [-0.05, 0) is 18.1 Å². The van der Waals surface area contributed by atoms with Gasteiger partial charge < -0.3 is 10.1 Å². The first kappa shape index (κ1) is 18.2. The third-order valence-corrected chi connectivity index (χ3v) is 6.63. The number of hydrogen-bond acceptors (Lipinski definition) is 3. The molecule has 1 aliphatic heterocycles. The molecule has 0 saturated heterocycles. The molecule has 0 bridgehead atoms. The number of rotatable bonds is 5. The average Bonchev–Trinajstić information content (AvgIpc) is 3.22. The summed E-state index contributed by atoms with van der Waals surface area (Å²) in [4.78, 5) is 1.43. The van der Waals surface area contributed by atoms with Crippen LogP contribution < -0.4 is 10.1 Å². The zero-order valence-corrected chi connectivity index (χ0v) is 17.0. The summed E-state index contributed by atoms with van der Waals surface area (Å²) >= 11 is 1.78. The van der Waals surface area contributed by atoms with E-state index in [1.54, 1.807) is 11.3 Å². The maximum Gasteiger partial charge on any atom is 0.185 e. The molecule has 0 spiro atoms. The van der Waals surface area contributed by atoms with Gasteiger partial charge in [-0.3, -0.25) is 0 Å². The zero-order valence-electron chi connectivity index (χ0n) is 16.2. The summed E-state index contributed by atoms with van der Waals surface area (Å²) in [6.07, 6.45) is 1.07. The highest BCUT2D eigenvalue weighted by molar-refractivity contribution is 7.14. The molecular weight excluding hydrogens is 374 g/mol. The number of ether oxygens (including phenoxy) is 1. The highest BCUT2D eigenvalue weighted by atomic mass is 32.1. The molecule has 1 aliphatic rings. The van der Waals surface area contributed by atoms with Crippen LogP contribution >= 0.6 is 11.3 Å². The van der Waals surface area contributed by atoms with Crippen LogP contribution in [0.25, 0.3) is 0 Å². The summed E-state index contributed by atoms with van der Waals surface area (Å²) < 4.78 is 7.00. The van der Waals surface area contributed by atoms with Gasteiger partial charge >= 0.3 is 0 Å². The van der Waals surface area contributed by atoms with E-state index in [4.69, 9.17) is 4.74 Å². The second-order valence-electron chi connectivity index (χ2n) is 7.32. The second-order valence-corrected chi connectivity index (χ2v) is 8.42. The van der Waals surface area contributed by atoms with E-state index in [-0.39, 0.29) is 0 Å². The topological polar surface area (TPSA) is 21.3 Å². The number of nitrogens with one attached hydrogen (secondary N) is 1. The Balaban J connectivity index is 1.72. The Kier molecular flexibility index (Phi) is 4.92. The van der Waals surface area contributed by atoms with Crippen molar-refractivity contribution in [2.75, 3.05) is 6.54 Å². The first-order chi connectivity index (χ1) is 14.4. The Bertz CT molecular complexity index is 954. The predicted molar refractivity (Wildman–Crippen MR) is 120 cm³/mol. The lowest BCUT2D eigenvalue weighted by Gasteiger charge is -2.35. The molecule has 0 radical (unpaired) electrons. The van der Waals surface area contributed by atoms with Crippen LogP contribution in [0.1, 0.15) is 27.1 Å². The van der Waals surface area contributed by atoms with Crippen LogP contribution in [0.2, 0.25) is 0 Å². The number of fused-ring (bicyclic) bond motifs is 1. The summed E-state index contributed by atoms with van der Waals surface area (Å²) in [7, 11) is 0. The fraction of sp³-hybridized carbons (Fsp3) is 0.154. The standard InChI is InChI=1S/C26H23NOS/c1-4-10-21(11-5-1)26(22-12-6-2-7-13-22,23-14-8-3-9-15-23)28-25-18-20-19-27-17-16-24(20)29-25/h1-15,18,27H,16-17,19H2.